The minimum absolute atomic E-state index is 0.164. The predicted octanol–water partition coefficient (Wildman–Crippen LogP) is 1.33. The van der Waals surface area contributed by atoms with Crippen molar-refractivity contribution in [3.63, 3.8) is 0 Å². The van der Waals surface area contributed by atoms with Crippen LogP contribution in [0.2, 0.25) is 0 Å². The van der Waals surface area contributed by atoms with Crippen LogP contribution in [0.4, 0.5) is 0 Å². The maximum Gasteiger partial charge on any atom is 0.327 e. The van der Waals surface area contributed by atoms with Gasteiger partial charge in [-0.1, -0.05) is 13.8 Å². The zero-order valence-corrected chi connectivity index (χ0v) is 14.4. The molecule has 21 heavy (non-hydrogen) atoms. The number of likely N-dealkylation sites (N-methyl/N-ethyl adjacent to an activating group) is 1. The highest BCUT2D eigenvalue weighted by Gasteiger charge is 2.37. The summed E-state index contributed by atoms with van der Waals surface area (Å²) >= 11 is 0. The van der Waals surface area contributed by atoms with Crippen molar-refractivity contribution >= 4 is 5.97 Å². The number of nitrogens with zero attached hydrogens (tertiary/aromatic N) is 2. The van der Waals surface area contributed by atoms with E-state index in [0.29, 0.717) is 12.6 Å². The first kappa shape index (κ1) is 18.4. The predicted molar refractivity (Wildman–Crippen MR) is 86.5 cm³/mol. The molecule has 2 atom stereocenters. The standard InChI is InChI=1S/C16H33N3O2/c1-6-9-17-16(3,15(20)21-5)13-19-11-8-10-18(4)12-14(19)7-2/h14,17H,6-13H2,1-5H3. The highest BCUT2D eigenvalue weighted by Crippen LogP contribution is 2.17. The highest BCUT2D eigenvalue weighted by molar-refractivity contribution is 5.80. The smallest absolute Gasteiger partial charge is 0.327 e. The molecule has 0 saturated carbocycles. The number of ether oxygens (including phenoxy) is 1. The molecule has 0 bridgehead atoms. The van der Waals surface area contributed by atoms with Crippen LogP contribution >= 0.6 is 0 Å². The van der Waals surface area contributed by atoms with Crippen LogP contribution in [0.1, 0.15) is 40.0 Å². The van der Waals surface area contributed by atoms with Crippen molar-refractivity contribution in [1.82, 2.24) is 15.1 Å². The van der Waals surface area contributed by atoms with Gasteiger partial charge in [-0.15, -0.1) is 0 Å². The third-order valence-corrected chi connectivity index (χ3v) is 4.42. The average molecular weight is 299 g/mol. The molecule has 0 aromatic heterocycles. The van der Waals surface area contributed by atoms with E-state index in [1.165, 1.54) is 7.11 Å². The molecule has 1 aliphatic heterocycles. The van der Waals surface area contributed by atoms with E-state index in [2.05, 4.69) is 36.0 Å². The van der Waals surface area contributed by atoms with Crippen molar-refractivity contribution in [3.8, 4) is 0 Å². The largest absolute Gasteiger partial charge is 0.468 e. The Morgan fingerprint density at radius 1 is 1.38 bits per heavy atom. The lowest BCUT2D eigenvalue weighted by Crippen LogP contribution is -2.59. The van der Waals surface area contributed by atoms with Crippen LogP contribution in [0, 0.1) is 0 Å². The minimum Gasteiger partial charge on any atom is -0.468 e. The fraction of sp³-hybridized carbons (Fsp3) is 0.938. The molecule has 0 aromatic rings. The van der Waals surface area contributed by atoms with Gasteiger partial charge in [0.2, 0.25) is 0 Å². The van der Waals surface area contributed by atoms with Gasteiger partial charge in [-0.05, 0) is 52.9 Å². The molecule has 1 rings (SSSR count). The zero-order valence-electron chi connectivity index (χ0n) is 14.4. The minimum atomic E-state index is -0.624. The molecule has 2 unspecified atom stereocenters. The molecular weight excluding hydrogens is 266 g/mol. The van der Waals surface area contributed by atoms with Gasteiger partial charge in [-0.25, -0.2) is 0 Å². The van der Waals surface area contributed by atoms with Crippen LogP contribution in [0.5, 0.6) is 0 Å². The van der Waals surface area contributed by atoms with Crippen LogP contribution in [-0.2, 0) is 9.53 Å². The van der Waals surface area contributed by atoms with Crippen molar-refractivity contribution in [2.75, 3.05) is 46.9 Å². The van der Waals surface area contributed by atoms with Gasteiger partial charge in [0.15, 0.2) is 0 Å². The van der Waals surface area contributed by atoms with Gasteiger partial charge in [-0.2, -0.15) is 0 Å². The summed E-state index contributed by atoms with van der Waals surface area (Å²) in [6, 6.07) is 0.505. The number of nitrogens with one attached hydrogen (secondary N) is 1. The molecule has 124 valence electrons. The number of hydrogen-bond acceptors (Lipinski definition) is 5. The third-order valence-electron chi connectivity index (χ3n) is 4.42. The average Bonchev–Trinajstić information content (AvgIpc) is 2.65. The fourth-order valence-electron chi connectivity index (χ4n) is 3.11. The topological polar surface area (TPSA) is 44.8 Å². The molecular formula is C16H33N3O2. The number of carbonyl (C=O) groups is 1. The van der Waals surface area contributed by atoms with E-state index in [-0.39, 0.29) is 5.97 Å². The Bertz CT molecular complexity index is 325. The van der Waals surface area contributed by atoms with Crippen molar-refractivity contribution in [3.05, 3.63) is 0 Å². The molecule has 0 spiro atoms. The maximum atomic E-state index is 12.2. The molecule has 1 N–H and O–H groups in total. The highest BCUT2D eigenvalue weighted by atomic mass is 16.5. The molecule has 0 radical (unpaired) electrons. The van der Waals surface area contributed by atoms with Gasteiger partial charge < -0.3 is 15.0 Å². The van der Waals surface area contributed by atoms with Gasteiger partial charge in [-0.3, -0.25) is 9.69 Å². The quantitative estimate of drug-likeness (QED) is 0.719. The first-order valence-electron chi connectivity index (χ1n) is 8.22. The number of methoxy groups -OCH3 is 1. The summed E-state index contributed by atoms with van der Waals surface area (Å²) in [5, 5.41) is 3.39. The molecule has 0 amide bonds. The van der Waals surface area contributed by atoms with Gasteiger partial charge in [0.05, 0.1) is 7.11 Å². The molecule has 1 heterocycles. The Balaban J connectivity index is 2.81. The molecule has 1 aliphatic rings. The van der Waals surface area contributed by atoms with Crippen LogP contribution in [-0.4, -0.2) is 74.2 Å². The van der Waals surface area contributed by atoms with Crippen LogP contribution in [0.3, 0.4) is 0 Å². The van der Waals surface area contributed by atoms with E-state index in [0.717, 1.165) is 45.4 Å². The molecule has 1 saturated heterocycles. The van der Waals surface area contributed by atoms with E-state index in [4.69, 9.17) is 4.74 Å². The van der Waals surface area contributed by atoms with Crippen LogP contribution in [0.25, 0.3) is 0 Å². The molecule has 1 fully saturated rings. The lowest BCUT2D eigenvalue weighted by molar-refractivity contribution is -0.149. The number of carbonyl (C=O) groups excluding carboxylic acids is 1. The van der Waals surface area contributed by atoms with Crippen LogP contribution in [0.15, 0.2) is 0 Å². The summed E-state index contributed by atoms with van der Waals surface area (Å²) in [7, 11) is 3.66. The molecule has 5 heteroatoms. The van der Waals surface area contributed by atoms with Gasteiger partial charge in [0.1, 0.15) is 5.54 Å². The van der Waals surface area contributed by atoms with E-state index in [9.17, 15) is 4.79 Å². The fourth-order valence-corrected chi connectivity index (χ4v) is 3.11. The first-order chi connectivity index (χ1) is 9.96. The second-order valence-corrected chi connectivity index (χ2v) is 6.40. The summed E-state index contributed by atoms with van der Waals surface area (Å²) in [4.78, 5) is 17.1. The van der Waals surface area contributed by atoms with E-state index in [1.54, 1.807) is 0 Å². The molecule has 5 nitrogen and oxygen atoms in total. The number of rotatable bonds is 7. The van der Waals surface area contributed by atoms with E-state index >= 15 is 0 Å². The Labute approximate surface area is 130 Å². The third kappa shape index (κ3) is 5.24. The van der Waals surface area contributed by atoms with Gasteiger partial charge in [0.25, 0.3) is 0 Å². The van der Waals surface area contributed by atoms with Gasteiger partial charge in [0, 0.05) is 19.1 Å². The van der Waals surface area contributed by atoms with E-state index in [1.807, 2.05) is 6.92 Å². The summed E-state index contributed by atoms with van der Waals surface area (Å²) < 4.78 is 5.04. The molecule has 0 aliphatic carbocycles. The summed E-state index contributed by atoms with van der Waals surface area (Å²) in [5.41, 5.74) is -0.624. The first-order valence-corrected chi connectivity index (χ1v) is 8.22. The Morgan fingerprint density at radius 2 is 2.10 bits per heavy atom. The normalized spacial score (nSPS) is 24.3. The molecule has 0 aromatic carbocycles. The Hall–Kier alpha value is -0.650. The van der Waals surface area contributed by atoms with Crippen molar-refractivity contribution in [2.45, 2.75) is 51.6 Å². The van der Waals surface area contributed by atoms with Crippen molar-refractivity contribution in [2.24, 2.45) is 0 Å². The SMILES string of the molecule is CCCNC(C)(CN1CCCN(C)CC1CC)C(=O)OC. The number of hydrogen-bond donors (Lipinski definition) is 1. The van der Waals surface area contributed by atoms with Crippen LogP contribution < -0.4 is 5.32 Å². The monoisotopic (exact) mass is 299 g/mol. The lowest BCUT2D eigenvalue weighted by Gasteiger charge is -2.37. The Kier molecular flexibility index (Phi) is 7.63. The lowest BCUT2D eigenvalue weighted by atomic mass is 9.99. The maximum absolute atomic E-state index is 12.2. The van der Waals surface area contributed by atoms with Crippen molar-refractivity contribution in [1.29, 1.82) is 0 Å². The Morgan fingerprint density at radius 3 is 2.67 bits per heavy atom. The van der Waals surface area contributed by atoms with Crippen molar-refractivity contribution < 1.29 is 9.53 Å². The summed E-state index contributed by atoms with van der Waals surface area (Å²) in [5.74, 6) is -0.164. The summed E-state index contributed by atoms with van der Waals surface area (Å²) in [6.45, 7) is 11.1. The number of esters is 1. The second kappa shape index (κ2) is 8.71. The second-order valence-electron chi connectivity index (χ2n) is 6.40. The van der Waals surface area contributed by atoms with E-state index < -0.39 is 5.54 Å². The summed E-state index contributed by atoms with van der Waals surface area (Å²) in [6.07, 6.45) is 3.26. The zero-order chi connectivity index (χ0) is 15.9. The van der Waals surface area contributed by atoms with Gasteiger partial charge >= 0.3 is 5.97 Å².